The number of hydrogen-bond acceptors (Lipinski definition) is 4. The molecule has 0 saturated carbocycles. The van der Waals surface area contributed by atoms with E-state index >= 15 is 0 Å². The van der Waals surface area contributed by atoms with Crippen LogP contribution >= 0.6 is 0 Å². The molecule has 0 bridgehead atoms. The third kappa shape index (κ3) is 3.24. The van der Waals surface area contributed by atoms with Gasteiger partial charge in [0, 0.05) is 17.8 Å². The molecule has 116 valence electrons. The zero-order valence-corrected chi connectivity index (χ0v) is 13.3. The van der Waals surface area contributed by atoms with Crippen LogP contribution < -0.4 is 5.43 Å². The van der Waals surface area contributed by atoms with Crippen LogP contribution in [0.2, 0.25) is 0 Å². The topological polar surface area (TPSA) is 61.2 Å². The average molecular weight is 300 g/mol. The lowest BCUT2D eigenvalue weighted by Gasteiger charge is -2.13. The first-order valence-electron chi connectivity index (χ1n) is 7.31. The number of nitrogens with zero attached hydrogens (tertiary/aromatic N) is 2. The number of hydrogen-bond donors (Lipinski definition) is 0. The van der Waals surface area contributed by atoms with Gasteiger partial charge in [-0.2, -0.15) is 5.10 Å². The fraction of sp³-hybridized carbons (Fsp3) is 0.353. The predicted molar refractivity (Wildman–Crippen MR) is 85.0 cm³/mol. The van der Waals surface area contributed by atoms with Crippen LogP contribution in [0.3, 0.4) is 0 Å². The summed E-state index contributed by atoms with van der Waals surface area (Å²) in [5.74, 6) is -0.684. The van der Waals surface area contributed by atoms with E-state index < -0.39 is 11.4 Å². The first-order chi connectivity index (χ1) is 10.4. The molecule has 2 aromatic rings. The highest BCUT2D eigenvalue weighted by atomic mass is 16.5. The summed E-state index contributed by atoms with van der Waals surface area (Å²) in [5.41, 5.74) is 1.74. The molecule has 0 saturated heterocycles. The molecule has 0 aliphatic heterocycles. The van der Waals surface area contributed by atoms with Crippen LogP contribution in [0, 0.1) is 6.92 Å². The molecular weight excluding hydrogens is 280 g/mol. The van der Waals surface area contributed by atoms with Gasteiger partial charge in [0.2, 0.25) is 11.1 Å². The highest BCUT2D eigenvalue weighted by Crippen LogP contribution is 2.17. The largest absolute Gasteiger partial charge is 0.461 e. The first kappa shape index (κ1) is 15.9. The van der Waals surface area contributed by atoms with E-state index in [4.69, 9.17) is 4.74 Å². The minimum absolute atomic E-state index is 0.0259. The van der Waals surface area contributed by atoms with Gasteiger partial charge in [-0.1, -0.05) is 29.8 Å². The molecule has 22 heavy (non-hydrogen) atoms. The Morgan fingerprint density at radius 3 is 2.45 bits per heavy atom. The van der Waals surface area contributed by atoms with E-state index in [1.807, 2.05) is 45.0 Å². The van der Waals surface area contributed by atoms with Crippen LogP contribution in [0.15, 0.2) is 35.3 Å². The van der Waals surface area contributed by atoms with Crippen molar-refractivity contribution in [3.63, 3.8) is 0 Å². The standard InChI is InChI=1S/C17H20N2O3/c1-5-22-17(21)15-16(20)14(10-19(18-15)11(2)3)13-8-6-12(4)7-9-13/h6-11H,5H2,1-4H3. The Hall–Kier alpha value is -2.43. The fourth-order valence-corrected chi connectivity index (χ4v) is 2.04. The maximum absolute atomic E-state index is 12.6. The van der Waals surface area contributed by atoms with Crippen LogP contribution in [0.5, 0.6) is 0 Å². The van der Waals surface area contributed by atoms with E-state index in [-0.39, 0.29) is 18.3 Å². The zero-order valence-electron chi connectivity index (χ0n) is 13.3. The van der Waals surface area contributed by atoms with E-state index in [1.54, 1.807) is 17.8 Å². The second-order valence-electron chi connectivity index (χ2n) is 5.38. The van der Waals surface area contributed by atoms with Gasteiger partial charge in [0.1, 0.15) is 0 Å². The van der Waals surface area contributed by atoms with E-state index in [0.29, 0.717) is 5.56 Å². The Bertz CT molecular complexity index is 731. The number of carbonyl (C=O) groups excluding carboxylic acids is 1. The number of ether oxygens (including phenoxy) is 1. The van der Waals surface area contributed by atoms with Crippen molar-refractivity contribution in [2.24, 2.45) is 0 Å². The molecule has 0 aliphatic rings. The van der Waals surface area contributed by atoms with Gasteiger partial charge in [0.15, 0.2) is 0 Å². The summed E-state index contributed by atoms with van der Waals surface area (Å²) in [5, 5.41) is 4.12. The highest BCUT2D eigenvalue weighted by molar-refractivity contribution is 5.88. The van der Waals surface area contributed by atoms with Gasteiger partial charge in [-0.15, -0.1) is 0 Å². The number of benzene rings is 1. The highest BCUT2D eigenvalue weighted by Gasteiger charge is 2.19. The molecule has 0 amide bonds. The van der Waals surface area contributed by atoms with Crippen LogP contribution in [0.1, 0.15) is 42.9 Å². The van der Waals surface area contributed by atoms with Crippen molar-refractivity contribution in [2.45, 2.75) is 33.7 Å². The summed E-state index contributed by atoms with van der Waals surface area (Å²) in [6.45, 7) is 7.75. The maximum atomic E-state index is 12.6. The molecule has 0 radical (unpaired) electrons. The molecule has 1 aromatic heterocycles. The van der Waals surface area contributed by atoms with Gasteiger partial charge in [0.05, 0.1) is 6.61 Å². The molecule has 5 heteroatoms. The number of aryl methyl sites for hydroxylation is 1. The smallest absolute Gasteiger partial charge is 0.362 e. The van der Waals surface area contributed by atoms with E-state index in [0.717, 1.165) is 11.1 Å². The van der Waals surface area contributed by atoms with Gasteiger partial charge in [-0.05, 0) is 33.3 Å². The third-order valence-corrected chi connectivity index (χ3v) is 3.30. The van der Waals surface area contributed by atoms with Crippen LogP contribution in [0.25, 0.3) is 11.1 Å². The summed E-state index contributed by atoms with van der Waals surface area (Å²) in [4.78, 5) is 24.5. The first-order valence-corrected chi connectivity index (χ1v) is 7.31. The average Bonchev–Trinajstić information content (AvgIpc) is 2.48. The Kier molecular flexibility index (Phi) is 4.75. The normalized spacial score (nSPS) is 10.8. The number of rotatable bonds is 4. The Morgan fingerprint density at radius 1 is 1.27 bits per heavy atom. The van der Waals surface area contributed by atoms with Gasteiger partial charge >= 0.3 is 5.97 Å². The van der Waals surface area contributed by atoms with Gasteiger partial charge in [0.25, 0.3) is 0 Å². The quantitative estimate of drug-likeness (QED) is 0.814. The predicted octanol–water partition coefficient (Wildman–Crippen LogP) is 2.98. The lowest BCUT2D eigenvalue weighted by atomic mass is 10.1. The fourth-order valence-electron chi connectivity index (χ4n) is 2.04. The minimum Gasteiger partial charge on any atom is -0.461 e. The molecule has 0 atom stereocenters. The van der Waals surface area contributed by atoms with Crippen molar-refractivity contribution in [1.82, 2.24) is 9.78 Å². The van der Waals surface area contributed by atoms with Crippen LogP contribution in [-0.4, -0.2) is 22.4 Å². The molecule has 0 aliphatic carbocycles. The van der Waals surface area contributed by atoms with E-state index in [9.17, 15) is 9.59 Å². The van der Waals surface area contributed by atoms with Crippen LogP contribution in [0.4, 0.5) is 0 Å². The number of esters is 1. The third-order valence-electron chi connectivity index (χ3n) is 3.30. The number of carbonyl (C=O) groups is 1. The summed E-state index contributed by atoms with van der Waals surface area (Å²) in [7, 11) is 0. The summed E-state index contributed by atoms with van der Waals surface area (Å²) < 4.78 is 6.55. The summed E-state index contributed by atoms with van der Waals surface area (Å²) in [6.07, 6.45) is 1.68. The van der Waals surface area contributed by atoms with Crippen molar-refractivity contribution in [2.75, 3.05) is 6.61 Å². The molecule has 2 rings (SSSR count). The van der Waals surface area contributed by atoms with Crippen molar-refractivity contribution in [1.29, 1.82) is 0 Å². The molecule has 1 aromatic carbocycles. The summed E-state index contributed by atoms with van der Waals surface area (Å²) >= 11 is 0. The van der Waals surface area contributed by atoms with Gasteiger partial charge in [-0.25, -0.2) is 4.79 Å². The molecule has 1 heterocycles. The van der Waals surface area contributed by atoms with Gasteiger partial charge in [-0.3, -0.25) is 9.48 Å². The summed E-state index contributed by atoms with van der Waals surface area (Å²) in [6, 6.07) is 7.62. The molecule has 0 unspecified atom stereocenters. The van der Waals surface area contributed by atoms with Crippen molar-refractivity contribution < 1.29 is 9.53 Å². The molecule has 5 nitrogen and oxygen atoms in total. The lowest BCUT2D eigenvalue weighted by molar-refractivity contribution is 0.0514. The second kappa shape index (κ2) is 6.56. The monoisotopic (exact) mass is 300 g/mol. The van der Waals surface area contributed by atoms with Crippen LogP contribution in [-0.2, 0) is 4.74 Å². The minimum atomic E-state index is -0.684. The zero-order chi connectivity index (χ0) is 16.3. The van der Waals surface area contributed by atoms with E-state index in [1.165, 1.54) is 0 Å². The van der Waals surface area contributed by atoms with Crippen molar-refractivity contribution in [3.05, 3.63) is 51.9 Å². The molecular formula is C17H20N2O3. The molecule has 0 spiro atoms. The second-order valence-corrected chi connectivity index (χ2v) is 5.38. The van der Waals surface area contributed by atoms with Crippen molar-refractivity contribution in [3.8, 4) is 11.1 Å². The Balaban J connectivity index is 2.64. The lowest BCUT2D eigenvalue weighted by Crippen LogP contribution is -2.25. The SMILES string of the molecule is CCOC(=O)c1nn(C(C)C)cc(-c2ccc(C)cc2)c1=O. The van der Waals surface area contributed by atoms with E-state index in [2.05, 4.69) is 5.10 Å². The maximum Gasteiger partial charge on any atom is 0.362 e. The molecule has 0 N–H and O–H groups in total. The molecule has 0 fully saturated rings. The Morgan fingerprint density at radius 2 is 1.91 bits per heavy atom. The van der Waals surface area contributed by atoms with Crippen molar-refractivity contribution >= 4 is 5.97 Å². The van der Waals surface area contributed by atoms with Gasteiger partial charge < -0.3 is 4.74 Å². The Labute approximate surface area is 129 Å². The number of aromatic nitrogens is 2.